The van der Waals surface area contributed by atoms with Crippen LogP contribution in [-0.4, -0.2) is 35.2 Å². The molecular formula is C22H21N5O4S. The van der Waals surface area contributed by atoms with Crippen LogP contribution in [0.15, 0.2) is 59.4 Å². The Balaban J connectivity index is 1.74. The SMILES string of the molecule is Cc1nc2c(-c3ccccc3)c(C)[nH]n2c(=O)c1C(=O)Nc1cccc(NS(C)(=O)=O)c1. The molecule has 0 saturated heterocycles. The molecule has 0 bridgehead atoms. The molecule has 1 amide bonds. The molecule has 0 spiro atoms. The van der Waals surface area contributed by atoms with Gasteiger partial charge >= 0.3 is 0 Å². The zero-order valence-corrected chi connectivity index (χ0v) is 18.4. The summed E-state index contributed by atoms with van der Waals surface area (Å²) in [6, 6.07) is 15.8. The van der Waals surface area contributed by atoms with E-state index in [-0.39, 0.29) is 11.3 Å². The van der Waals surface area contributed by atoms with E-state index < -0.39 is 21.5 Å². The minimum atomic E-state index is -3.47. The lowest BCUT2D eigenvalue weighted by Crippen LogP contribution is -2.29. The molecule has 0 unspecified atom stereocenters. The van der Waals surface area contributed by atoms with Crippen LogP contribution in [0.1, 0.15) is 21.7 Å². The Morgan fingerprint density at radius 3 is 2.41 bits per heavy atom. The number of aromatic amines is 1. The predicted octanol–water partition coefficient (Wildman–Crippen LogP) is 2.93. The number of carbonyl (C=O) groups excluding carboxylic acids is 1. The highest BCUT2D eigenvalue weighted by Gasteiger charge is 2.22. The molecule has 0 saturated carbocycles. The Hall–Kier alpha value is -3.92. The van der Waals surface area contributed by atoms with Crippen molar-refractivity contribution in [1.82, 2.24) is 14.6 Å². The van der Waals surface area contributed by atoms with Gasteiger partial charge in [-0.05, 0) is 37.6 Å². The van der Waals surface area contributed by atoms with E-state index in [2.05, 4.69) is 20.1 Å². The summed E-state index contributed by atoms with van der Waals surface area (Å²) in [5.41, 5.74) is 3.16. The second-order valence-electron chi connectivity index (χ2n) is 7.42. The number of benzene rings is 2. The number of sulfonamides is 1. The summed E-state index contributed by atoms with van der Waals surface area (Å²) >= 11 is 0. The topological polar surface area (TPSA) is 125 Å². The second-order valence-corrected chi connectivity index (χ2v) is 9.17. The van der Waals surface area contributed by atoms with E-state index in [0.29, 0.717) is 17.0 Å². The molecule has 10 heteroatoms. The highest BCUT2D eigenvalue weighted by Crippen LogP contribution is 2.26. The van der Waals surface area contributed by atoms with Gasteiger partial charge in [0, 0.05) is 16.9 Å². The zero-order valence-electron chi connectivity index (χ0n) is 17.6. The van der Waals surface area contributed by atoms with E-state index in [4.69, 9.17) is 0 Å². The van der Waals surface area contributed by atoms with Crippen LogP contribution in [0.5, 0.6) is 0 Å². The van der Waals surface area contributed by atoms with Crippen molar-refractivity contribution in [2.24, 2.45) is 0 Å². The number of fused-ring (bicyclic) bond motifs is 1. The van der Waals surface area contributed by atoms with E-state index in [0.717, 1.165) is 23.1 Å². The number of amides is 1. The summed E-state index contributed by atoms with van der Waals surface area (Å²) in [5, 5.41) is 5.64. The number of H-pyrrole nitrogens is 1. The summed E-state index contributed by atoms with van der Waals surface area (Å²) in [5.74, 6) is -0.639. The minimum absolute atomic E-state index is 0.107. The second kappa shape index (κ2) is 7.97. The third-order valence-corrected chi connectivity index (χ3v) is 5.46. The molecular weight excluding hydrogens is 430 g/mol. The third kappa shape index (κ3) is 4.12. The van der Waals surface area contributed by atoms with Crippen molar-refractivity contribution in [2.75, 3.05) is 16.3 Å². The molecule has 0 aliphatic heterocycles. The van der Waals surface area contributed by atoms with Gasteiger partial charge in [-0.15, -0.1) is 0 Å². The molecule has 2 aromatic heterocycles. The van der Waals surface area contributed by atoms with Crippen LogP contribution in [0.3, 0.4) is 0 Å². The Kier molecular flexibility index (Phi) is 5.31. The van der Waals surface area contributed by atoms with Crippen molar-refractivity contribution < 1.29 is 13.2 Å². The lowest BCUT2D eigenvalue weighted by molar-refractivity contribution is 0.102. The van der Waals surface area contributed by atoms with Crippen molar-refractivity contribution in [1.29, 1.82) is 0 Å². The summed E-state index contributed by atoms with van der Waals surface area (Å²) in [7, 11) is -3.47. The van der Waals surface area contributed by atoms with Gasteiger partial charge in [-0.1, -0.05) is 36.4 Å². The normalized spacial score (nSPS) is 11.5. The number of hydrogen-bond donors (Lipinski definition) is 3. The molecule has 0 aliphatic carbocycles. The fourth-order valence-corrected chi connectivity index (χ4v) is 4.13. The Morgan fingerprint density at radius 2 is 1.72 bits per heavy atom. The van der Waals surface area contributed by atoms with Crippen LogP contribution in [0.25, 0.3) is 16.8 Å². The highest BCUT2D eigenvalue weighted by molar-refractivity contribution is 7.92. The molecule has 4 rings (SSSR count). The van der Waals surface area contributed by atoms with Gasteiger partial charge in [0.25, 0.3) is 11.5 Å². The van der Waals surface area contributed by atoms with Gasteiger partial charge in [0.1, 0.15) is 5.56 Å². The Morgan fingerprint density at radius 1 is 1.03 bits per heavy atom. The van der Waals surface area contributed by atoms with E-state index in [9.17, 15) is 18.0 Å². The molecule has 0 aliphatic rings. The molecule has 0 radical (unpaired) electrons. The van der Waals surface area contributed by atoms with Crippen LogP contribution in [0.2, 0.25) is 0 Å². The fraction of sp³-hybridized carbons (Fsp3) is 0.136. The number of nitrogens with zero attached hydrogens (tertiary/aromatic N) is 2. The van der Waals surface area contributed by atoms with Gasteiger partial charge in [0.05, 0.1) is 17.6 Å². The summed E-state index contributed by atoms with van der Waals surface area (Å²) in [6.45, 7) is 3.45. The first-order valence-electron chi connectivity index (χ1n) is 9.70. The number of aryl methyl sites for hydroxylation is 2. The molecule has 32 heavy (non-hydrogen) atoms. The lowest BCUT2D eigenvalue weighted by atomic mass is 10.1. The average molecular weight is 452 g/mol. The minimum Gasteiger partial charge on any atom is -0.322 e. The molecule has 3 N–H and O–H groups in total. The standard InChI is InChI=1S/C22H21N5O4S/c1-13-19(21(28)24-16-10-7-11-17(12-16)26-32(3,30)31)22(29)27-20(23-13)18(14(2)25-27)15-8-5-4-6-9-15/h4-12,25-26H,1-3H3,(H,24,28). The number of hydrogen-bond acceptors (Lipinski definition) is 5. The quantitative estimate of drug-likeness (QED) is 0.430. The van der Waals surface area contributed by atoms with Gasteiger partial charge in [-0.3, -0.25) is 19.4 Å². The molecule has 0 fully saturated rings. The number of anilines is 2. The first kappa shape index (κ1) is 21.3. The van der Waals surface area contributed by atoms with Crippen LogP contribution < -0.4 is 15.6 Å². The molecule has 9 nitrogen and oxygen atoms in total. The molecule has 4 aromatic rings. The van der Waals surface area contributed by atoms with Crippen molar-refractivity contribution in [2.45, 2.75) is 13.8 Å². The van der Waals surface area contributed by atoms with E-state index in [1.807, 2.05) is 37.3 Å². The van der Waals surface area contributed by atoms with Crippen LogP contribution >= 0.6 is 0 Å². The van der Waals surface area contributed by atoms with Crippen LogP contribution in [-0.2, 0) is 10.0 Å². The Labute approximate surface area is 184 Å². The van der Waals surface area contributed by atoms with Gasteiger partial charge in [0.2, 0.25) is 10.0 Å². The van der Waals surface area contributed by atoms with Gasteiger partial charge in [0.15, 0.2) is 5.65 Å². The summed E-state index contributed by atoms with van der Waals surface area (Å²) in [4.78, 5) is 30.7. The van der Waals surface area contributed by atoms with Crippen molar-refractivity contribution in [3.05, 3.63) is 81.9 Å². The van der Waals surface area contributed by atoms with Crippen LogP contribution in [0.4, 0.5) is 11.4 Å². The number of aromatic nitrogens is 3. The molecule has 2 heterocycles. The fourth-order valence-electron chi connectivity index (χ4n) is 3.57. The maximum absolute atomic E-state index is 13.2. The first-order chi connectivity index (χ1) is 15.1. The smallest absolute Gasteiger partial charge is 0.285 e. The Bertz CT molecular complexity index is 1500. The maximum Gasteiger partial charge on any atom is 0.285 e. The van der Waals surface area contributed by atoms with Crippen LogP contribution in [0, 0.1) is 13.8 Å². The number of nitrogens with one attached hydrogen (secondary N) is 3. The summed E-state index contributed by atoms with van der Waals surface area (Å²) in [6.07, 6.45) is 1.03. The average Bonchev–Trinajstić information content (AvgIpc) is 3.03. The molecule has 164 valence electrons. The predicted molar refractivity (Wildman–Crippen MR) is 124 cm³/mol. The number of carbonyl (C=O) groups is 1. The lowest BCUT2D eigenvalue weighted by Gasteiger charge is -2.10. The summed E-state index contributed by atoms with van der Waals surface area (Å²) < 4.78 is 26.5. The van der Waals surface area contributed by atoms with Crippen molar-refractivity contribution >= 4 is 33.0 Å². The van der Waals surface area contributed by atoms with Crippen molar-refractivity contribution in [3.8, 4) is 11.1 Å². The van der Waals surface area contributed by atoms with Gasteiger partial charge in [-0.25, -0.2) is 17.9 Å². The third-order valence-electron chi connectivity index (χ3n) is 4.86. The van der Waals surface area contributed by atoms with Gasteiger partial charge < -0.3 is 5.32 Å². The largest absolute Gasteiger partial charge is 0.322 e. The maximum atomic E-state index is 13.2. The highest BCUT2D eigenvalue weighted by atomic mass is 32.2. The van der Waals surface area contributed by atoms with E-state index in [1.54, 1.807) is 25.1 Å². The first-order valence-corrected chi connectivity index (χ1v) is 11.6. The number of rotatable bonds is 5. The van der Waals surface area contributed by atoms with E-state index in [1.165, 1.54) is 10.6 Å². The van der Waals surface area contributed by atoms with Gasteiger partial charge in [-0.2, -0.15) is 0 Å². The van der Waals surface area contributed by atoms with E-state index >= 15 is 0 Å². The molecule has 2 aromatic carbocycles. The van der Waals surface area contributed by atoms with Crippen molar-refractivity contribution in [3.63, 3.8) is 0 Å². The zero-order chi connectivity index (χ0) is 23.0. The monoisotopic (exact) mass is 451 g/mol. The molecule has 0 atom stereocenters.